The van der Waals surface area contributed by atoms with Gasteiger partial charge in [-0.3, -0.25) is 9.59 Å². The van der Waals surface area contributed by atoms with E-state index in [0.29, 0.717) is 10.9 Å². The van der Waals surface area contributed by atoms with Gasteiger partial charge in [0.15, 0.2) is 10.0 Å². The first kappa shape index (κ1) is 13.7. The standard InChI is InChI=1S/C12H15N3O3S/c1-7-5-6-10(18-7)12(4)15(9(3)17)14-11(19-12)13-8(2)16/h5-6H,1-4H3,(H,13,14,16)/t12-/m1/s1. The maximum atomic E-state index is 11.7. The predicted octanol–water partition coefficient (Wildman–Crippen LogP) is 1.76. The zero-order valence-electron chi connectivity index (χ0n) is 11.2. The molecule has 1 aromatic rings. The highest BCUT2D eigenvalue weighted by Gasteiger charge is 2.46. The summed E-state index contributed by atoms with van der Waals surface area (Å²) in [7, 11) is 0. The third kappa shape index (κ3) is 2.51. The van der Waals surface area contributed by atoms with E-state index < -0.39 is 4.87 Å². The average Bonchev–Trinajstić information content (AvgIpc) is 2.83. The second-order valence-corrected chi connectivity index (χ2v) is 5.80. The molecule has 7 heteroatoms. The van der Waals surface area contributed by atoms with E-state index in [9.17, 15) is 9.59 Å². The summed E-state index contributed by atoms with van der Waals surface area (Å²) in [4.78, 5) is 22.0. The summed E-state index contributed by atoms with van der Waals surface area (Å²) in [6.45, 7) is 6.48. The Morgan fingerprint density at radius 3 is 2.58 bits per heavy atom. The largest absolute Gasteiger partial charge is 0.463 e. The molecular formula is C12H15N3O3S. The fraction of sp³-hybridized carbons (Fsp3) is 0.417. The second-order valence-electron chi connectivity index (χ2n) is 4.41. The number of amides is 2. The van der Waals surface area contributed by atoms with Gasteiger partial charge in [0.2, 0.25) is 11.8 Å². The Bertz CT molecular complexity index is 566. The molecule has 0 fully saturated rings. The molecule has 19 heavy (non-hydrogen) atoms. The van der Waals surface area contributed by atoms with Gasteiger partial charge < -0.3 is 9.73 Å². The number of furan rings is 1. The van der Waals surface area contributed by atoms with Gasteiger partial charge >= 0.3 is 0 Å². The first-order chi connectivity index (χ1) is 8.83. The molecular weight excluding hydrogens is 266 g/mol. The maximum absolute atomic E-state index is 11.7. The summed E-state index contributed by atoms with van der Waals surface area (Å²) >= 11 is 1.27. The highest BCUT2D eigenvalue weighted by molar-refractivity contribution is 8.14. The molecule has 2 rings (SSSR count). The van der Waals surface area contributed by atoms with Crippen molar-refractivity contribution in [3.05, 3.63) is 23.7 Å². The molecule has 0 unspecified atom stereocenters. The lowest BCUT2D eigenvalue weighted by molar-refractivity contribution is -0.132. The van der Waals surface area contributed by atoms with Crippen LogP contribution in [0.15, 0.2) is 21.7 Å². The minimum absolute atomic E-state index is 0.218. The predicted molar refractivity (Wildman–Crippen MR) is 72.2 cm³/mol. The number of hydrazone groups is 1. The van der Waals surface area contributed by atoms with Crippen molar-refractivity contribution in [3.63, 3.8) is 0 Å². The molecule has 2 heterocycles. The van der Waals surface area contributed by atoms with Gasteiger partial charge in [-0.05, 0) is 37.7 Å². The van der Waals surface area contributed by atoms with Crippen LogP contribution in [0.3, 0.4) is 0 Å². The van der Waals surface area contributed by atoms with E-state index in [1.54, 1.807) is 0 Å². The van der Waals surface area contributed by atoms with Crippen molar-refractivity contribution < 1.29 is 14.0 Å². The van der Waals surface area contributed by atoms with E-state index in [4.69, 9.17) is 4.42 Å². The minimum atomic E-state index is -0.780. The first-order valence-electron chi connectivity index (χ1n) is 5.76. The molecule has 102 valence electrons. The summed E-state index contributed by atoms with van der Waals surface area (Å²) in [6, 6.07) is 3.64. The number of carbonyl (C=O) groups excluding carboxylic acids is 2. The number of hydrogen-bond acceptors (Lipinski definition) is 5. The summed E-state index contributed by atoms with van der Waals surface area (Å²) in [5, 5.41) is 8.44. The third-order valence-corrected chi connectivity index (χ3v) is 3.82. The Kier molecular flexibility index (Phi) is 3.40. The van der Waals surface area contributed by atoms with Gasteiger partial charge in [-0.1, -0.05) is 0 Å². The van der Waals surface area contributed by atoms with E-state index >= 15 is 0 Å². The number of amidine groups is 1. The molecule has 1 aliphatic rings. The SMILES string of the molecule is CC(=O)NC1=NN(C(C)=O)[C@@](C)(c2ccc(C)o2)S1. The fourth-order valence-corrected chi connectivity index (χ4v) is 3.01. The van der Waals surface area contributed by atoms with Crippen molar-refractivity contribution in [2.45, 2.75) is 32.6 Å². The molecule has 0 saturated carbocycles. The summed E-state index contributed by atoms with van der Waals surface area (Å²) in [5.41, 5.74) is 0. The molecule has 1 N–H and O–H groups in total. The van der Waals surface area contributed by atoms with E-state index in [1.165, 1.54) is 30.6 Å². The van der Waals surface area contributed by atoms with Gasteiger partial charge in [0.1, 0.15) is 11.5 Å². The van der Waals surface area contributed by atoms with Gasteiger partial charge in [0, 0.05) is 13.8 Å². The number of nitrogens with one attached hydrogen (secondary N) is 1. The van der Waals surface area contributed by atoms with Crippen molar-refractivity contribution in [2.24, 2.45) is 5.10 Å². The Morgan fingerprint density at radius 1 is 1.42 bits per heavy atom. The number of aryl methyl sites for hydroxylation is 1. The quantitative estimate of drug-likeness (QED) is 0.851. The van der Waals surface area contributed by atoms with Crippen LogP contribution in [0.1, 0.15) is 32.3 Å². The second kappa shape index (κ2) is 4.73. The van der Waals surface area contributed by atoms with Gasteiger partial charge in [0.25, 0.3) is 0 Å². The average molecular weight is 281 g/mol. The van der Waals surface area contributed by atoms with E-state index in [2.05, 4.69) is 10.4 Å². The van der Waals surface area contributed by atoms with E-state index in [0.717, 1.165) is 5.76 Å². The Labute approximate surface area is 115 Å². The number of rotatable bonds is 1. The molecule has 2 amide bonds. The van der Waals surface area contributed by atoms with E-state index in [-0.39, 0.29) is 11.8 Å². The molecule has 0 aliphatic carbocycles. The molecule has 1 aliphatic heterocycles. The van der Waals surface area contributed by atoms with Crippen molar-refractivity contribution in [1.29, 1.82) is 0 Å². The first-order valence-corrected chi connectivity index (χ1v) is 6.57. The number of thioether (sulfide) groups is 1. The molecule has 1 atom stereocenters. The van der Waals surface area contributed by atoms with Crippen LogP contribution in [-0.2, 0) is 14.5 Å². The number of hydrogen-bond donors (Lipinski definition) is 1. The van der Waals surface area contributed by atoms with Crippen LogP contribution in [0.25, 0.3) is 0 Å². The third-order valence-electron chi connectivity index (χ3n) is 2.67. The number of nitrogens with zero attached hydrogens (tertiary/aromatic N) is 2. The monoisotopic (exact) mass is 281 g/mol. The van der Waals surface area contributed by atoms with Crippen molar-refractivity contribution in [2.75, 3.05) is 0 Å². The highest BCUT2D eigenvalue weighted by Crippen LogP contribution is 2.45. The molecule has 6 nitrogen and oxygen atoms in total. The summed E-state index contributed by atoms with van der Waals surface area (Å²) < 4.78 is 5.60. The summed E-state index contributed by atoms with van der Waals surface area (Å²) in [5.74, 6) is 0.932. The molecule has 1 aromatic heterocycles. The zero-order valence-corrected chi connectivity index (χ0v) is 12.0. The van der Waals surface area contributed by atoms with Crippen LogP contribution in [0.4, 0.5) is 0 Å². The lowest BCUT2D eigenvalue weighted by atomic mass is 10.2. The Morgan fingerprint density at radius 2 is 2.11 bits per heavy atom. The lowest BCUT2D eigenvalue weighted by Gasteiger charge is -2.28. The van der Waals surface area contributed by atoms with Crippen LogP contribution in [-0.4, -0.2) is 22.0 Å². The Balaban J connectivity index is 2.35. The van der Waals surface area contributed by atoms with Crippen LogP contribution >= 0.6 is 11.8 Å². The molecule has 0 spiro atoms. The zero-order chi connectivity index (χ0) is 14.2. The van der Waals surface area contributed by atoms with Gasteiger partial charge in [-0.15, -0.1) is 5.10 Å². The Hall–Kier alpha value is -1.76. The van der Waals surface area contributed by atoms with Crippen LogP contribution < -0.4 is 5.32 Å². The smallest absolute Gasteiger partial charge is 0.241 e. The van der Waals surface area contributed by atoms with Gasteiger partial charge in [0.05, 0.1) is 0 Å². The molecule has 0 radical (unpaired) electrons. The molecule has 0 aromatic carbocycles. The van der Waals surface area contributed by atoms with Crippen LogP contribution in [0, 0.1) is 6.92 Å². The highest BCUT2D eigenvalue weighted by atomic mass is 32.2. The maximum Gasteiger partial charge on any atom is 0.241 e. The fourth-order valence-electron chi connectivity index (χ4n) is 1.85. The van der Waals surface area contributed by atoms with Crippen LogP contribution in [0.2, 0.25) is 0 Å². The minimum Gasteiger partial charge on any atom is -0.463 e. The van der Waals surface area contributed by atoms with E-state index in [1.807, 2.05) is 26.0 Å². The van der Waals surface area contributed by atoms with Crippen molar-refractivity contribution in [1.82, 2.24) is 10.3 Å². The summed E-state index contributed by atoms with van der Waals surface area (Å²) in [6.07, 6.45) is 0. The van der Waals surface area contributed by atoms with Gasteiger partial charge in [-0.25, -0.2) is 5.01 Å². The normalized spacial score (nSPS) is 22.3. The number of carbonyl (C=O) groups is 2. The topological polar surface area (TPSA) is 74.9 Å². The van der Waals surface area contributed by atoms with Gasteiger partial charge in [-0.2, -0.15) is 0 Å². The van der Waals surface area contributed by atoms with Crippen LogP contribution in [0.5, 0.6) is 0 Å². The molecule has 0 bridgehead atoms. The van der Waals surface area contributed by atoms with Crippen molar-refractivity contribution >= 4 is 28.7 Å². The lowest BCUT2D eigenvalue weighted by Crippen LogP contribution is -2.37. The molecule has 0 saturated heterocycles. The van der Waals surface area contributed by atoms with Crippen molar-refractivity contribution in [3.8, 4) is 0 Å².